The number of ether oxygens (including phenoxy) is 2. The monoisotopic (exact) mass is 450 g/mol. The summed E-state index contributed by atoms with van der Waals surface area (Å²) in [4.78, 5) is 30.1. The molecule has 1 amide bonds. The van der Waals surface area contributed by atoms with Gasteiger partial charge in [0.15, 0.2) is 0 Å². The Bertz CT molecular complexity index is 1040. The van der Waals surface area contributed by atoms with Gasteiger partial charge in [0.05, 0.1) is 31.9 Å². The van der Waals surface area contributed by atoms with Crippen molar-refractivity contribution >= 4 is 17.4 Å². The number of aliphatic hydroxyl groups is 1. The quantitative estimate of drug-likeness (QED) is 0.397. The summed E-state index contributed by atoms with van der Waals surface area (Å²) in [6.07, 6.45) is 0.720. The third-order valence-electron chi connectivity index (χ3n) is 6.25. The zero-order chi connectivity index (χ0) is 23.4. The van der Waals surface area contributed by atoms with Gasteiger partial charge in [-0.2, -0.15) is 0 Å². The molecule has 2 saturated heterocycles. The molecule has 1 atom stereocenters. The van der Waals surface area contributed by atoms with E-state index in [0.717, 1.165) is 37.2 Å². The highest BCUT2D eigenvalue weighted by Gasteiger charge is 2.45. The van der Waals surface area contributed by atoms with Crippen molar-refractivity contribution in [3.63, 3.8) is 0 Å². The van der Waals surface area contributed by atoms with Crippen LogP contribution in [-0.2, 0) is 14.3 Å². The number of nitrogens with zero attached hydrogens (tertiary/aromatic N) is 2. The van der Waals surface area contributed by atoms with Gasteiger partial charge in [-0.25, -0.2) is 0 Å². The summed E-state index contributed by atoms with van der Waals surface area (Å²) in [6.45, 7) is 6.34. The fourth-order valence-electron chi connectivity index (χ4n) is 4.43. The number of carbonyl (C=O) groups is 2. The number of aliphatic hydroxyl groups excluding tert-OH is 1. The first-order chi connectivity index (χ1) is 16.0. The third-order valence-corrected chi connectivity index (χ3v) is 6.25. The Balaban J connectivity index is 1.68. The molecule has 7 heteroatoms. The summed E-state index contributed by atoms with van der Waals surface area (Å²) in [5.74, 6) is -0.774. The van der Waals surface area contributed by atoms with Crippen molar-refractivity contribution in [1.29, 1.82) is 0 Å². The normalized spacial score (nSPS) is 20.9. The molecule has 1 unspecified atom stereocenters. The average molecular weight is 451 g/mol. The minimum Gasteiger partial charge on any atom is -0.507 e. The van der Waals surface area contributed by atoms with E-state index < -0.39 is 17.7 Å². The van der Waals surface area contributed by atoms with Crippen LogP contribution in [-0.4, -0.2) is 73.1 Å². The standard InChI is InChI=1S/C26H30N2O5/c1-18-7-9-19(10-8-18)24(29)22-23(20-5-3-6-21(17-20)32-2)28(26(31)25(22)30)12-4-11-27-13-15-33-16-14-27/h3,5-10,17,23,29H,4,11-16H2,1-2H3/b24-22-. The molecular formula is C26H30N2O5. The van der Waals surface area contributed by atoms with Gasteiger partial charge in [-0.05, 0) is 31.0 Å². The minimum atomic E-state index is -0.675. The first-order valence-electron chi connectivity index (χ1n) is 11.3. The lowest BCUT2D eigenvalue weighted by Crippen LogP contribution is -2.38. The number of benzene rings is 2. The Morgan fingerprint density at radius 3 is 2.52 bits per heavy atom. The van der Waals surface area contributed by atoms with Crippen LogP contribution in [0.2, 0.25) is 0 Å². The fourth-order valence-corrected chi connectivity index (χ4v) is 4.43. The largest absolute Gasteiger partial charge is 0.507 e. The van der Waals surface area contributed by atoms with Crippen LogP contribution in [0.1, 0.15) is 29.2 Å². The van der Waals surface area contributed by atoms with Crippen molar-refractivity contribution in [3.05, 3.63) is 70.8 Å². The van der Waals surface area contributed by atoms with E-state index >= 15 is 0 Å². The SMILES string of the molecule is COc1cccc(C2/C(=C(/O)c3ccc(C)cc3)C(=O)C(=O)N2CCCN2CCOCC2)c1. The molecule has 2 fully saturated rings. The van der Waals surface area contributed by atoms with Crippen LogP contribution in [0.3, 0.4) is 0 Å². The van der Waals surface area contributed by atoms with E-state index in [1.807, 2.05) is 43.3 Å². The number of Topliss-reactive ketones (excluding diaryl/α,β-unsaturated/α-hetero) is 1. The Kier molecular flexibility index (Phi) is 7.11. The molecule has 0 radical (unpaired) electrons. The van der Waals surface area contributed by atoms with E-state index in [1.165, 1.54) is 0 Å². The number of aryl methyl sites for hydroxylation is 1. The van der Waals surface area contributed by atoms with Crippen LogP contribution in [0, 0.1) is 6.92 Å². The van der Waals surface area contributed by atoms with Gasteiger partial charge < -0.3 is 19.5 Å². The Labute approximate surface area is 194 Å². The van der Waals surface area contributed by atoms with Crippen LogP contribution < -0.4 is 4.74 Å². The summed E-state index contributed by atoms with van der Waals surface area (Å²) in [5.41, 5.74) is 2.40. The Morgan fingerprint density at radius 1 is 1.09 bits per heavy atom. The second-order valence-corrected chi connectivity index (χ2v) is 8.44. The molecule has 0 spiro atoms. The number of hydrogen-bond donors (Lipinski definition) is 1. The molecule has 174 valence electrons. The van der Waals surface area contributed by atoms with Gasteiger partial charge in [0, 0.05) is 31.7 Å². The second-order valence-electron chi connectivity index (χ2n) is 8.44. The topological polar surface area (TPSA) is 79.3 Å². The second kappa shape index (κ2) is 10.2. The number of rotatable bonds is 7. The van der Waals surface area contributed by atoms with E-state index in [2.05, 4.69) is 4.90 Å². The van der Waals surface area contributed by atoms with Gasteiger partial charge in [0.25, 0.3) is 11.7 Å². The van der Waals surface area contributed by atoms with Gasteiger partial charge in [0.2, 0.25) is 0 Å². The highest BCUT2D eigenvalue weighted by molar-refractivity contribution is 6.46. The molecule has 4 rings (SSSR count). The van der Waals surface area contributed by atoms with Crippen molar-refractivity contribution in [3.8, 4) is 5.75 Å². The fraction of sp³-hybridized carbons (Fsp3) is 0.385. The predicted octanol–water partition coefficient (Wildman–Crippen LogP) is 3.15. The lowest BCUT2D eigenvalue weighted by molar-refractivity contribution is -0.140. The average Bonchev–Trinajstić information content (AvgIpc) is 3.10. The van der Waals surface area contributed by atoms with E-state index in [4.69, 9.17) is 9.47 Å². The molecule has 2 aromatic rings. The van der Waals surface area contributed by atoms with E-state index in [-0.39, 0.29) is 11.3 Å². The number of likely N-dealkylation sites (tertiary alicyclic amines) is 1. The van der Waals surface area contributed by atoms with Crippen LogP contribution in [0.5, 0.6) is 5.75 Å². The van der Waals surface area contributed by atoms with E-state index in [0.29, 0.717) is 31.1 Å². The molecule has 33 heavy (non-hydrogen) atoms. The zero-order valence-electron chi connectivity index (χ0n) is 19.1. The minimum absolute atomic E-state index is 0.114. The summed E-state index contributed by atoms with van der Waals surface area (Å²) in [6, 6.07) is 13.9. The van der Waals surface area contributed by atoms with Gasteiger partial charge >= 0.3 is 0 Å². The lowest BCUT2D eigenvalue weighted by atomic mass is 9.95. The molecule has 0 saturated carbocycles. The maximum atomic E-state index is 13.1. The van der Waals surface area contributed by atoms with Crippen LogP contribution >= 0.6 is 0 Å². The Hall–Kier alpha value is -3.16. The van der Waals surface area contributed by atoms with Crippen LogP contribution in [0.4, 0.5) is 0 Å². The summed E-state index contributed by atoms with van der Waals surface area (Å²) in [7, 11) is 1.57. The predicted molar refractivity (Wildman–Crippen MR) is 125 cm³/mol. The molecule has 7 nitrogen and oxygen atoms in total. The first kappa shape index (κ1) is 23.0. The molecule has 2 heterocycles. The van der Waals surface area contributed by atoms with Crippen LogP contribution in [0.15, 0.2) is 54.1 Å². The molecule has 0 aromatic heterocycles. The summed E-state index contributed by atoms with van der Waals surface area (Å²) >= 11 is 0. The van der Waals surface area contributed by atoms with Crippen molar-refractivity contribution < 1.29 is 24.2 Å². The van der Waals surface area contributed by atoms with Crippen LogP contribution in [0.25, 0.3) is 5.76 Å². The third kappa shape index (κ3) is 4.94. The number of morpholine rings is 1. The summed E-state index contributed by atoms with van der Waals surface area (Å²) in [5, 5.41) is 11.1. The maximum absolute atomic E-state index is 13.1. The Morgan fingerprint density at radius 2 is 1.82 bits per heavy atom. The first-order valence-corrected chi connectivity index (χ1v) is 11.3. The maximum Gasteiger partial charge on any atom is 0.295 e. The van der Waals surface area contributed by atoms with Crippen molar-refractivity contribution in [1.82, 2.24) is 9.80 Å². The highest BCUT2D eigenvalue weighted by Crippen LogP contribution is 2.40. The number of ketones is 1. The number of methoxy groups -OCH3 is 1. The van der Waals surface area contributed by atoms with Gasteiger partial charge in [-0.1, -0.05) is 42.0 Å². The zero-order valence-corrected chi connectivity index (χ0v) is 19.1. The van der Waals surface area contributed by atoms with Crippen molar-refractivity contribution in [2.45, 2.75) is 19.4 Å². The molecule has 0 aliphatic carbocycles. The number of amides is 1. The summed E-state index contributed by atoms with van der Waals surface area (Å²) < 4.78 is 10.8. The number of hydrogen-bond acceptors (Lipinski definition) is 6. The van der Waals surface area contributed by atoms with E-state index in [9.17, 15) is 14.7 Å². The molecule has 2 aromatic carbocycles. The highest BCUT2D eigenvalue weighted by atomic mass is 16.5. The van der Waals surface area contributed by atoms with E-state index in [1.54, 1.807) is 24.1 Å². The van der Waals surface area contributed by atoms with Gasteiger partial charge in [-0.15, -0.1) is 0 Å². The van der Waals surface area contributed by atoms with Gasteiger partial charge in [-0.3, -0.25) is 14.5 Å². The van der Waals surface area contributed by atoms with Gasteiger partial charge in [0.1, 0.15) is 11.5 Å². The molecule has 2 aliphatic rings. The molecular weight excluding hydrogens is 420 g/mol. The van der Waals surface area contributed by atoms with Crippen molar-refractivity contribution in [2.75, 3.05) is 46.5 Å². The van der Waals surface area contributed by atoms with Crippen molar-refractivity contribution in [2.24, 2.45) is 0 Å². The number of carbonyl (C=O) groups excluding carboxylic acids is 2. The molecule has 0 bridgehead atoms. The molecule has 1 N–H and O–H groups in total. The smallest absolute Gasteiger partial charge is 0.295 e. The molecule has 2 aliphatic heterocycles. The lowest BCUT2D eigenvalue weighted by Gasteiger charge is -2.29.